The molecule has 3 rings (SSSR count). The van der Waals surface area contributed by atoms with Crippen molar-refractivity contribution in [1.29, 1.82) is 5.26 Å². The highest BCUT2D eigenvalue weighted by atomic mass is 16.6. The molecule has 0 spiro atoms. The maximum Gasteiger partial charge on any atom is 0.355 e. The van der Waals surface area contributed by atoms with Crippen molar-refractivity contribution in [2.75, 3.05) is 6.61 Å². The summed E-state index contributed by atoms with van der Waals surface area (Å²) in [6.07, 6.45) is 2.07. The van der Waals surface area contributed by atoms with Gasteiger partial charge in [0.2, 0.25) is 0 Å². The van der Waals surface area contributed by atoms with Crippen molar-refractivity contribution < 1.29 is 14.5 Å². The second-order valence-corrected chi connectivity index (χ2v) is 6.50. The molecule has 0 aliphatic carbocycles. The lowest BCUT2D eigenvalue weighted by molar-refractivity contribution is -0.384. The monoisotopic (exact) mass is 404 g/mol. The van der Waals surface area contributed by atoms with E-state index in [2.05, 4.69) is 11.1 Å². The van der Waals surface area contributed by atoms with Crippen LogP contribution in [0.3, 0.4) is 0 Å². The molecular weight excluding hydrogens is 384 g/mol. The second kappa shape index (κ2) is 8.57. The lowest BCUT2D eigenvalue weighted by Crippen LogP contribution is -2.12. The molecule has 0 N–H and O–H groups in total. The zero-order valence-electron chi connectivity index (χ0n) is 16.9. The van der Waals surface area contributed by atoms with Gasteiger partial charge in [0, 0.05) is 36.1 Å². The van der Waals surface area contributed by atoms with E-state index in [4.69, 9.17) is 4.74 Å². The summed E-state index contributed by atoms with van der Waals surface area (Å²) >= 11 is 0. The Kier molecular flexibility index (Phi) is 5.93. The maximum atomic E-state index is 12.6. The Morgan fingerprint density at radius 3 is 2.47 bits per heavy atom. The number of nitriles is 1. The Morgan fingerprint density at radius 2 is 1.90 bits per heavy atom. The van der Waals surface area contributed by atoms with Crippen LogP contribution in [-0.4, -0.2) is 27.1 Å². The van der Waals surface area contributed by atoms with Gasteiger partial charge in [-0.1, -0.05) is 31.2 Å². The van der Waals surface area contributed by atoms with Crippen LogP contribution < -0.4 is 0 Å². The van der Waals surface area contributed by atoms with Crippen LogP contribution in [0.25, 0.3) is 22.4 Å². The summed E-state index contributed by atoms with van der Waals surface area (Å²) in [6, 6.07) is 12.0. The van der Waals surface area contributed by atoms with Crippen molar-refractivity contribution >= 4 is 11.7 Å². The minimum absolute atomic E-state index is 0.0943. The zero-order valence-corrected chi connectivity index (χ0v) is 16.9. The average Bonchev–Trinajstić information content (AvgIpc) is 3.05. The maximum absolute atomic E-state index is 12.6. The van der Waals surface area contributed by atoms with Crippen molar-refractivity contribution in [2.24, 2.45) is 7.05 Å². The summed E-state index contributed by atoms with van der Waals surface area (Å²) in [5, 5.41) is 21.1. The van der Waals surface area contributed by atoms with Crippen molar-refractivity contribution in [3.05, 3.63) is 69.7 Å². The Morgan fingerprint density at radius 1 is 1.23 bits per heavy atom. The van der Waals surface area contributed by atoms with E-state index in [1.54, 1.807) is 42.8 Å². The lowest BCUT2D eigenvalue weighted by atomic mass is 9.98. The summed E-state index contributed by atoms with van der Waals surface area (Å²) in [5.74, 6) is -0.504. The van der Waals surface area contributed by atoms with E-state index in [0.717, 1.165) is 5.69 Å². The van der Waals surface area contributed by atoms with Crippen LogP contribution in [0.4, 0.5) is 5.69 Å². The van der Waals surface area contributed by atoms with Crippen molar-refractivity contribution in [3.63, 3.8) is 0 Å². The Balaban J connectivity index is 2.17. The number of carbonyl (C=O) groups excluding carboxylic acids is 1. The molecule has 1 aromatic carbocycles. The standard InChI is InChI=1S/C22H20N4O4/c1-4-17-16(13-23)19(21(25(17)3)22(27)30-5-2)14-8-10-15(11-9-14)20-18(26(28)29)7-6-12-24-20/h6-12H,4-5H2,1-3H3. The first kappa shape index (κ1) is 20.7. The molecule has 0 aliphatic rings. The predicted molar refractivity (Wildman–Crippen MR) is 111 cm³/mol. The van der Waals surface area contributed by atoms with Crippen LogP contribution in [0.5, 0.6) is 0 Å². The molecule has 0 fully saturated rings. The summed E-state index contributed by atoms with van der Waals surface area (Å²) in [4.78, 5) is 27.6. The average molecular weight is 404 g/mol. The smallest absolute Gasteiger partial charge is 0.355 e. The third-order valence-electron chi connectivity index (χ3n) is 4.86. The Labute approximate surface area is 173 Å². The van der Waals surface area contributed by atoms with Crippen LogP contribution in [0.2, 0.25) is 0 Å². The third kappa shape index (κ3) is 3.53. The first-order valence-electron chi connectivity index (χ1n) is 9.43. The normalized spacial score (nSPS) is 10.5. The molecule has 2 aromatic heterocycles. The number of nitro groups is 1. The van der Waals surface area contributed by atoms with E-state index in [0.29, 0.717) is 34.4 Å². The Bertz CT molecular complexity index is 1160. The second-order valence-electron chi connectivity index (χ2n) is 6.50. The number of rotatable bonds is 6. The zero-order chi connectivity index (χ0) is 21.8. The molecule has 8 nitrogen and oxygen atoms in total. The van der Waals surface area contributed by atoms with Crippen molar-refractivity contribution in [3.8, 4) is 28.5 Å². The Hall–Kier alpha value is -3.99. The molecule has 8 heteroatoms. The highest BCUT2D eigenvalue weighted by Crippen LogP contribution is 2.35. The highest BCUT2D eigenvalue weighted by Gasteiger charge is 2.27. The topological polar surface area (TPSA) is 111 Å². The van der Waals surface area contributed by atoms with Crippen LogP contribution in [0.15, 0.2) is 42.6 Å². The molecule has 0 unspecified atom stereocenters. The van der Waals surface area contributed by atoms with Crippen molar-refractivity contribution in [1.82, 2.24) is 9.55 Å². The van der Waals surface area contributed by atoms with E-state index in [-0.39, 0.29) is 18.0 Å². The highest BCUT2D eigenvalue weighted by molar-refractivity contribution is 5.98. The third-order valence-corrected chi connectivity index (χ3v) is 4.86. The van der Waals surface area contributed by atoms with Gasteiger partial charge in [-0.3, -0.25) is 10.1 Å². The number of hydrogen-bond donors (Lipinski definition) is 0. The summed E-state index contributed by atoms with van der Waals surface area (Å²) in [6.45, 7) is 3.86. The first-order valence-corrected chi connectivity index (χ1v) is 9.43. The van der Waals surface area contributed by atoms with Crippen LogP contribution in [0, 0.1) is 21.4 Å². The van der Waals surface area contributed by atoms with E-state index in [9.17, 15) is 20.2 Å². The number of hydrogen-bond acceptors (Lipinski definition) is 6. The number of carbonyl (C=O) groups is 1. The summed E-state index contributed by atoms with van der Waals surface area (Å²) < 4.78 is 6.91. The number of esters is 1. The lowest BCUT2D eigenvalue weighted by Gasteiger charge is -2.09. The molecule has 152 valence electrons. The van der Waals surface area contributed by atoms with E-state index in [1.807, 2.05) is 6.92 Å². The molecule has 0 atom stereocenters. The van der Waals surface area contributed by atoms with Gasteiger partial charge in [0.1, 0.15) is 17.5 Å². The van der Waals surface area contributed by atoms with Crippen molar-refractivity contribution in [2.45, 2.75) is 20.3 Å². The minimum atomic E-state index is -0.504. The quantitative estimate of drug-likeness (QED) is 0.344. The van der Waals surface area contributed by atoms with Gasteiger partial charge in [-0.05, 0) is 25.0 Å². The van der Waals surface area contributed by atoms with E-state index in [1.165, 1.54) is 18.3 Å². The summed E-state index contributed by atoms with van der Waals surface area (Å²) in [5.41, 5.74) is 3.32. The van der Waals surface area contributed by atoms with Gasteiger partial charge in [-0.25, -0.2) is 9.78 Å². The fourth-order valence-corrected chi connectivity index (χ4v) is 3.55. The van der Waals surface area contributed by atoms with Crippen LogP contribution in [-0.2, 0) is 18.2 Å². The van der Waals surface area contributed by atoms with Gasteiger partial charge >= 0.3 is 5.97 Å². The first-order chi connectivity index (χ1) is 14.4. The number of pyridine rings is 1. The molecule has 3 aromatic rings. The molecular formula is C22H20N4O4. The number of ether oxygens (including phenoxy) is 1. The van der Waals surface area contributed by atoms with Gasteiger partial charge in [-0.15, -0.1) is 0 Å². The van der Waals surface area contributed by atoms with E-state index < -0.39 is 10.9 Å². The number of nitrogens with zero attached hydrogens (tertiary/aromatic N) is 4. The SMILES string of the molecule is CCOC(=O)c1c(-c2ccc(-c3ncccc3[N+](=O)[O-])cc2)c(C#N)c(CC)n1C. The molecule has 0 saturated carbocycles. The van der Waals surface area contributed by atoms with Gasteiger partial charge in [-0.2, -0.15) is 5.26 Å². The number of benzene rings is 1. The van der Waals surface area contributed by atoms with E-state index >= 15 is 0 Å². The fraction of sp³-hybridized carbons (Fsp3) is 0.227. The van der Waals surface area contributed by atoms with Gasteiger partial charge in [0.25, 0.3) is 5.69 Å². The fourth-order valence-electron chi connectivity index (χ4n) is 3.55. The van der Waals surface area contributed by atoms with Crippen LogP contribution >= 0.6 is 0 Å². The molecule has 0 amide bonds. The summed E-state index contributed by atoms with van der Waals surface area (Å²) in [7, 11) is 1.74. The largest absolute Gasteiger partial charge is 0.461 e. The van der Waals surface area contributed by atoms with Gasteiger partial charge < -0.3 is 9.30 Å². The molecule has 2 heterocycles. The predicted octanol–water partition coefficient (Wildman–Crippen LogP) is 4.27. The molecule has 30 heavy (non-hydrogen) atoms. The van der Waals surface area contributed by atoms with Gasteiger partial charge in [0.05, 0.1) is 17.1 Å². The molecule has 0 aliphatic heterocycles. The molecule has 0 radical (unpaired) electrons. The number of aromatic nitrogens is 2. The minimum Gasteiger partial charge on any atom is -0.461 e. The van der Waals surface area contributed by atoms with Gasteiger partial charge in [0.15, 0.2) is 0 Å². The molecule has 0 bridgehead atoms. The van der Waals surface area contributed by atoms with Crippen LogP contribution in [0.1, 0.15) is 35.6 Å². The molecule has 0 saturated heterocycles.